The van der Waals surface area contributed by atoms with Gasteiger partial charge >= 0.3 is 0 Å². The highest BCUT2D eigenvalue weighted by Gasteiger charge is 2.11. The summed E-state index contributed by atoms with van der Waals surface area (Å²) in [6.07, 6.45) is 13.2. The molecule has 0 saturated carbocycles. The van der Waals surface area contributed by atoms with Crippen molar-refractivity contribution in [3.63, 3.8) is 0 Å². The zero-order chi connectivity index (χ0) is 14.5. The van der Waals surface area contributed by atoms with Gasteiger partial charge in [0.1, 0.15) is 0 Å². The molecule has 1 fully saturated rings. The van der Waals surface area contributed by atoms with E-state index in [9.17, 15) is 0 Å². The molecule has 1 saturated heterocycles. The average Bonchev–Trinajstić information content (AvgIpc) is 3.16. The molecule has 3 rings (SSSR count). The first-order valence-corrected chi connectivity index (χ1v) is 8.12. The lowest BCUT2D eigenvalue weighted by Gasteiger charge is -2.26. The second kappa shape index (κ2) is 6.89. The fraction of sp³-hybridized carbons (Fsp3) is 0.625. The fourth-order valence-corrected chi connectivity index (χ4v) is 3.06. The van der Waals surface area contributed by atoms with Gasteiger partial charge in [-0.25, -0.2) is 4.98 Å². The van der Waals surface area contributed by atoms with Crippen LogP contribution in [0.25, 0.3) is 11.3 Å². The van der Waals surface area contributed by atoms with E-state index >= 15 is 0 Å². The summed E-state index contributed by atoms with van der Waals surface area (Å²) < 4.78 is 4.21. The number of rotatable bonds is 6. The molecule has 3 heterocycles. The van der Waals surface area contributed by atoms with Gasteiger partial charge in [0.15, 0.2) is 0 Å². The Bertz CT molecular complexity index is 551. The molecule has 114 valence electrons. The van der Waals surface area contributed by atoms with Crippen molar-refractivity contribution in [2.75, 3.05) is 19.6 Å². The van der Waals surface area contributed by atoms with Crippen LogP contribution in [0, 0.1) is 0 Å². The smallest absolute Gasteiger partial charge is 0.0950 e. The molecular weight excluding hydrogens is 262 g/mol. The van der Waals surface area contributed by atoms with Gasteiger partial charge in [-0.05, 0) is 45.8 Å². The molecule has 2 aromatic rings. The van der Waals surface area contributed by atoms with Crippen LogP contribution in [0.1, 0.15) is 32.6 Å². The van der Waals surface area contributed by atoms with Crippen LogP contribution in [0.5, 0.6) is 0 Å². The Hall–Kier alpha value is -1.62. The maximum atomic E-state index is 4.35. The van der Waals surface area contributed by atoms with Crippen molar-refractivity contribution < 1.29 is 0 Å². The normalized spacial score (nSPS) is 16.4. The molecular formula is C16H25N5. The summed E-state index contributed by atoms with van der Waals surface area (Å²) >= 11 is 0. The largest absolute Gasteiger partial charge is 0.330 e. The van der Waals surface area contributed by atoms with Crippen molar-refractivity contribution in [1.29, 1.82) is 0 Å². The molecule has 2 aromatic heterocycles. The van der Waals surface area contributed by atoms with E-state index in [2.05, 4.69) is 32.7 Å². The van der Waals surface area contributed by atoms with E-state index in [1.807, 2.05) is 23.4 Å². The average molecular weight is 287 g/mol. The second-order valence-corrected chi connectivity index (χ2v) is 5.81. The van der Waals surface area contributed by atoms with Crippen molar-refractivity contribution in [2.45, 2.75) is 45.7 Å². The van der Waals surface area contributed by atoms with E-state index in [1.54, 1.807) is 0 Å². The number of likely N-dealkylation sites (tertiary alicyclic amines) is 1. The summed E-state index contributed by atoms with van der Waals surface area (Å²) in [6.45, 7) is 7.80. The topological polar surface area (TPSA) is 38.9 Å². The minimum Gasteiger partial charge on any atom is -0.330 e. The van der Waals surface area contributed by atoms with E-state index < -0.39 is 0 Å². The van der Waals surface area contributed by atoms with Crippen molar-refractivity contribution >= 4 is 0 Å². The van der Waals surface area contributed by atoms with Gasteiger partial charge in [-0.15, -0.1) is 0 Å². The molecule has 0 aromatic carbocycles. The monoisotopic (exact) mass is 287 g/mol. The molecule has 0 unspecified atom stereocenters. The van der Waals surface area contributed by atoms with Gasteiger partial charge in [0, 0.05) is 24.8 Å². The summed E-state index contributed by atoms with van der Waals surface area (Å²) in [4.78, 5) is 6.90. The van der Waals surface area contributed by atoms with E-state index in [-0.39, 0.29) is 0 Å². The molecule has 0 amide bonds. The number of aromatic nitrogens is 4. The molecule has 0 spiro atoms. The van der Waals surface area contributed by atoms with Crippen LogP contribution in [0.4, 0.5) is 0 Å². The Morgan fingerprint density at radius 2 is 1.95 bits per heavy atom. The molecule has 0 radical (unpaired) electrons. The van der Waals surface area contributed by atoms with Gasteiger partial charge in [-0.1, -0.05) is 6.42 Å². The van der Waals surface area contributed by atoms with Gasteiger partial charge in [-0.3, -0.25) is 4.68 Å². The van der Waals surface area contributed by atoms with E-state index in [0.29, 0.717) is 0 Å². The van der Waals surface area contributed by atoms with Gasteiger partial charge in [0.25, 0.3) is 0 Å². The standard InChI is InChI=1S/C16H25N5/c1-2-21-13-15(11-18-21)16-12-17-14-20(16)10-6-9-19-7-4-3-5-8-19/h11-14H,2-10H2,1H3. The highest BCUT2D eigenvalue weighted by Crippen LogP contribution is 2.18. The van der Waals surface area contributed by atoms with Gasteiger partial charge < -0.3 is 9.47 Å². The fourth-order valence-electron chi connectivity index (χ4n) is 3.06. The highest BCUT2D eigenvalue weighted by atomic mass is 15.3. The highest BCUT2D eigenvalue weighted by molar-refractivity contribution is 5.56. The van der Waals surface area contributed by atoms with Gasteiger partial charge in [-0.2, -0.15) is 5.10 Å². The predicted octanol–water partition coefficient (Wildman–Crippen LogP) is 2.64. The first-order chi connectivity index (χ1) is 10.4. The quantitative estimate of drug-likeness (QED) is 0.820. The predicted molar refractivity (Wildman–Crippen MR) is 84.0 cm³/mol. The lowest BCUT2D eigenvalue weighted by atomic mass is 10.1. The van der Waals surface area contributed by atoms with E-state index in [0.717, 1.165) is 18.7 Å². The maximum absolute atomic E-state index is 4.35. The van der Waals surface area contributed by atoms with Crippen LogP contribution < -0.4 is 0 Å². The third kappa shape index (κ3) is 3.53. The molecule has 1 aliphatic heterocycles. The Morgan fingerprint density at radius 1 is 1.10 bits per heavy atom. The first kappa shape index (κ1) is 14.3. The second-order valence-electron chi connectivity index (χ2n) is 5.81. The lowest BCUT2D eigenvalue weighted by Crippen LogP contribution is -2.31. The minimum atomic E-state index is 0.906. The zero-order valence-corrected chi connectivity index (χ0v) is 12.9. The van der Waals surface area contributed by atoms with Crippen molar-refractivity contribution in [3.8, 4) is 11.3 Å². The Labute approximate surface area is 126 Å². The van der Waals surface area contributed by atoms with Crippen LogP contribution in [0.3, 0.4) is 0 Å². The Balaban J connectivity index is 1.57. The minimum absolute atomic E-state index is 0.906. The molecule has 21 heavy (non-hydrogen) atoms. The molecule has 0 N–H and O–H groups in total. The first-order valence-electron chi connectivity index (χ1n) is 8.12. The number of nitrogens with zero attached hydrogens (tertiary/aromatic N) is 5. The molecule has 1 aliphatic rings. The zero-order valence-electron chi connectivity index (χ0n) is 12.9. The van der Waals surface area contributed by atoms with Gasteiger partial charge in [0.05, 0.1) is 24.4 Å². The number of hydrogen-bond acceptors (Lipinski definition) is 3. The van der Waals surface area contributed by atoms with Crippen LogP contribution in [0.2, 0.25) is 0 Å². The van der Waals surface area contributed by atoms with Crippen LogP contribution in [0.15, 0.2) is 24.9 Å². The molecule has 0 atom stereocenters. The van der Waals surface area contributed by atoms with Crippen LogP contribution in [-0.4, -0.2) is 43.9 Å². The Kier molecular flexibility index (Phi) is 4.70. The summed E-state index contributed by atoms with van der Waals surface area (Å²) in [7, 11) is 0. The van der Waals surface area contributed by atoms with Crippen LogP contribution >= 0.6 is 0 Å². The molecule has 5 nitrogen and oxygen atoms in total. The molecule has 0 aliphatic carbocycles. The van der Waals surface area contributed by atoms with Gasteiger partial charge in [0.2, 0.25) is 0 Å². The third-order valence-electron chi connectivity index (χ3n) is 4.29. The lowest BCUT2D eigenvalue weighted by molar-refractivity contribution is 0.223. The Morgan fingerprint density at radius 3 is 2.71 bits per heavy atom. The molecule has 0 bridgehead atoms. The third-order valence-corrected chi connectivity index (χ3v) is 4.29. The summed E-state index contributed by atoms with van der Waals surface area (Å²) in [6, 6.07) is 0. The molecule has 5 heteroatoms. The maximum Gasteiger partial charge on any atom is 0.0950 e. The number of imidazole rings is 1. The van der Waals surface area contributed by atoms with E-state index in [1.165, 1.54) is 51.0 Å². The summed E-state index contributed by atoms with van der Waals surface area (Å²) in [5, 5.41) is 4.35. The van der Waals surface area contributed by atoms with Crippen LogP contribution in [-0.2, 0) is 13.1 Å². The number of aryl methyl sites for hydroxylation is 2. The number of piperidine rings is 1. The van der Waals surface area contributed by atoms with E-state index in [4.69, 9.17) is 0 Å². The SMILES string of the molecule is CCn1cc(-c2cncn2CCCN2CCCCC2)cn1. The van der Waals surface area contributed by atoms with Crippen molar-refractivity contribution in [3.05, 3.63) is 24.9 Å². The summed E-state index contributed by atoms with van der Waals surface area (Å²) in [5.74, 6) is 0. The van der Waals surface area contributed by atoms with Crippen molar-refractivity contribution in [2.24, 2.45) is 0 Å². The summed E-state index contributed by atoms with van der Waals surface area (Å²) in [5.41, 5.74) is 2.33. The number of hydrogen-bond donors (Lipinski definition) is 0. The van der Waals surface area contributed by atoms with Crippen molar-refractivity contribution in [1.82, 2.24) is 24.2 Å².